The molecule has 1 heterocycles. The Morgan fingerprint density at radius 3 is 2.62 bits per heavy atom. The molecule has 1 amide bonds. The van der Waals surface area contributed by atoms with E-state index in [9.17, 15) is 14.4 Å². The van der Waals surface area contributed by atoms with E-state index < -0.39 is 11.9 Å². The maximum absolute atomic E-state index is 11.9. The molecule has 1 saturated heterocycles. The summed E-state index contributed by atoms with van der Waals surface area (Å²) < 4.78 is 0. The molecule has 0 aromatic rings. The van der Waals surface area contributed by atoms with Gasteiger partial charge in [-0.2, -0.15) is 0 Å². The molecule has 0 spiro atoms. The molecule has 90 valence electrons. The highest BCUT2D eigenvalue weighted by molar-refractivity contribution is 5.91. The van der Waals surface area contributed by atoms with E-state index in [4.69, 9.17) is 5.11 Å². The summed E-state index contributed by atoms with van der Waals surface area (Å²) in [7, 11) is 0. The minimum absolute atomic E-state index is 0.0353. The average Bonchev–Trinajstić information content (AvgIpc) is 2.50. The van der Waals surface area contributed by atoms with Crippen LogP contribution in [0.2, 0.25) is 0 Å². The van der Waals surface area contributed by atoms with Crippen molar-refractivity contribution in [3.8, 4) is 0 Å². The molecule has 2 atom stereocenters. The van der Waals surface area contributed by atoms with E-state index in [2.05, 4.69) is 0 Å². The summed E-state index contributed by atoms with van der Waals surface area (Å²) in [4.78, 5) is 35.2. The summed E-state index contributed by atoms with van der Waals surface area (Å²) in [5.41, 5.74) is 0. The largest absolute Gasteiger partial charge is 0.481 e. The summed E-state index contributed by atoms with van der Waals surface area (Å²) >= 11 is 0. The number of amides is 1. The number of carbonyl (C=O) groups excluding carboxylic acids is 2. The number of rotatable bonds is 5. The predicted molar refractivity (Wildman–Crippen MR) is 56.8 cm³/mol. The highest BCUT2D eigenvalue weighted by atomic mass is 16.4. The number of hydrogen-bond acceptors (Lipinski definition) is 3. The number of ketones is 1. The van der Waals surface area contributed by atoms with Gasteiger partial charge < -0.3 is 10.0 Å². The molecule has 0 aliphatic carbocycles. The van der Waals surface area contributed by atoms with E-state index in [0.717, 1.165) is 0 Å². The number of nitrogens with zero attached hydrogens (tertiary/aromatic N) is 1. The average molecular weight is 227 g/mol. The zero-order chi connectivity index (χ0) is 12.3. The molecule has 2 unspecified atom stereocenters. The van der Waals surface area contributed by atoms with Crippen LogP contribution in [0.4, 0.5) is 0 Å². The van der Waals surface area contributed by atoms with Gasteiger partial charge >= 0.3 is 5.97 Å². The quantitative estimate of drug-likeness (QED) is 0.749. The second-order valence-corrected chi connectivity index (χ2v) is 4.15. The fourth-order valence-corrected chi connectivity index (χ4v) is 2.20. The van der Waals surface area contributed by atoms with Gasteiger partial charge in [-0.15, -0.1) is 0 Å². The minimum Gasteiger partial charge on any atom is -0.481 e. The lowest BCUT2D eigenvalue weighted by Crippen LogP contribution is -2.41. The molecular formula is C11H17NO4. The molecule has 1 fully saturated rings. The Balaban J connectivity index is 2.69. The molecule has 1 aliphatic rings. The Bertz CT molecular complexity index is 313. The van der Waals surface area contributed by atoms with Crippen LogP contribution in [0, 0.1) is 5.92 Å². The van der Waals surface area contributed by atoms with Crippen molar-refractivity contribution in [2.45, 2.75) is 39.2 Å². The summed E-state index contributed by atoms with van der Waals surface area (Å²) in [5, 5.41) is 8.65. The SMILES string of the molecule is CCC(C(C)=O)N1CCC(CC(=O)O)C1=O. The monoisotopic (exact) mass is 227 g/mol. The van der Waals surface area contributed by atoms with Crippen LogP contribution in [0.1, 0.15) is 33.1 Å². The lowest BCUT2D eigenvalue weighted by Gasteiger charge is -2.24. The molecular weight excluding hydrogens is 210 g/mol. The third kappa shape index (κ3) is 2.59. The molecule has 0 radical (unpaired) electrons. The Morgan fingerprint density at radius 1 is 1.56 bits per heavy atom. The first kappa shape index (κ1) is 12.7. The maximum Gasteiger partial charge on any atom is 0.304 e. The molecule has 1 aliphatic heterocycles. The third-order valence-corrected chi connectivity index (χ3v) is 3.00. The van der Waals surface area contributed by atoms with Gasteiger partial charge in [-0.1, -0.05) is 6.92 Å². The van der Waals surface area contributed by atoms with Gasteiger partial charge in [0.15, 0.2) is 5.78 Å². The third-order valence-electron chi connectivity index (χ3n) is 3.00. The predicted octanol–water partition coefficient (Wildman–Crippen LogP) is 0.677. The highest BCUT2D eigenvalue weighted by Crippen LogP contribution is 2.24. The number of carboxylic acid groups (broad SMARTS) is 1. The molecule has 16 heavy (non-hydrogen) atoms. The summed E-state index contributed by atoms with van der Waals surface area (Å²) in [6, 6.07) is -0.383. The van der Waals surface area contributed by atoms with Crippen molar-refractivity contribution in [1.82, 2.24) is 4.90 Å². The van der Waals surface area contributed by atoms with Gasteiger partial charge in [-0.3, -0.25) is 14.4 Å². The Kier molecular flexibility index (Phi) is 4.04. The highest BCUT2D eigenvalue weighted by Gasteiger charge is 2.37. The lowest BCUT2D eigenvalue weighted by molar-refractivity contribution is -0.143. The van der Waals surface area contributed by atoms with Crippen molar-refractivity contribution in [3.63, 3.8) is 0 Å². The molecule has 0 saturated carbocycles. The van der Waals surface area contributed by atoms with Gasteiger partial charge in [0.1, 0.15) is 0 Å². The standard InChI is InChI=1S/C11H17NO4/c1-3-9(7(2)13)12-5-4-8(11(12)16)6-10(14)15/h8-9H,3-6H2,1-2H3,(H,14,15). The fourth-order valence-electron chi connectivity index (χ4n) is 2.20. The van der Waals surface area contributed by atoms with Crippen molar-refractivity contribution in [2.24, 2.45) is 5.92 Å². The van der Waals surface area contributed by atoms with E-state index in [-0.39, 0.29) is 24.2 Å². The van der Waals surface area contributed by atoms with Crippen molar-refractivity contribution in [3.05, 3.63) is 0 Å². The normalized spacial score (nSPS) is 22.2. The molecule has 5 heteroatoms. The van der Waals surface area contributed by atoms with Crippen molar-refractivity contribution >= 4 is 17.7 Å². The van der Waals surface area contributed by atoms with Crippen LogP contribution in [-0.4, -0.2) is 40.3 Å². The zero-order valence-corrected chi connectivity index (χ0v) is 9.60. The van der Waals surface area contributed by atoms with E-state index in [0.29, 0.717) is 19.4 Å². The number of Topliss-reactive ketones (excluding diaryl/α,β-unsaturated/α-hetero) is 1. The van der Waals surface area contributed by atoms with Crippen LogP contribution in [0.3, 0.4) is 0 Å². The zero-order valence-electron chi connectivity index (χ0n) is 9.60. The number of aliphatic carboxylic acids is 1. The summed E-state index contributed by atoms with van der Waals surface area (Å²) in [6.45, 7) is 3.81. The van der Waals surface area contributed by atoms with Gasteiger partial charge in [0.2, 0.25) is 5.91 Å². The van der Waals surface area contributed by atoms with Crippen LogP contribution < -0.4 is 0 Å². The second kappa shape index (κ2) is 5.09. The molecule has 0 bridgehead atoms. The first-order chi connectivity index (χ1) is 7.47. The van der Waals surface area contributed by atoms with E-state index in [1.165, 1.54) is 11.8 Å². The van der Waals surface area contributed by atoms with Gasteiger partial charge in [-0.05, 0) is 19.8 Å². The Hall–Kier alpha value is -1.39. The summed E-state index contributed by atoms with van der Waals surface area (Å²) in [6.07, 6.45) is 0.986. The van der Waals surface area contributed by atoms with Gasteiger partial charge in [-0.25, -0.2) is 0 Å². The second-order valence-electron chi connectivity index (χ2n) is 4.15. The topological polar surface area (TPSA) is 74.7 Å². The van der Waals surface area contributed by atoms with E-state index in [1.54, 1.807) is 0 Å². The van der Waals surface area contributed by atoms with Crippen molar-refractivity contribution in [2.75, 3.05) is 6.54 Å². The number of carboxylic acids is 1. The smallest absolute Gasteiger partial charge is 0.304 e. The fraction of sp³-hybridized carbons (Fsp3) is 0.727. The Morgan fingerprint density at radius 2 is 2.19 bits per heavy atom. The van der Waals surface area contributed by atoms with Crippen molar-refractivity contribution < 1.29 is 19.5 Å². The summed E-state index contributed by atoms with van der Waals surface area (Å²) in [5.74, 6) is -1.64. The number of carbonyl (C=O) groups is 3. The first-order valence-corrected chi connectivity index (χ1v) is 5.50. The van der Waals surface area contributed by atoms with Crippen LogP contribution in [-0.2, 0) is 14.4 Å². The van der Waals surface area contributed by atoms with Crippen LogP contribution in [0.15, 0.2) is 0 Å². The lowest BCUT2D eigenvalue weighted by atomic mass is 10.0. The maximum atomic E-state index is 11.9. The molecule has 0 aromatic carbocycles. The molecule has 1 N–H and O–H groups in total. The molecule has 0 aromatic heterocycles. The number of likely N-dealkylation sites (tertiary alicyclic amines) is 1. The van der Waals surface area contributed by atoms with Gasteiger partial charge in [0.25, 0.3) is 0 Å². The van der Waals surface area contributed by atoms with E-state index in [1.807, 2.05) is 6.92 Å². The Labute approximate surface area is 94.4 Å². The van der Waals surface area contributed by atoms with Gasteiger partial charge in [0.05, 0.1) is 18.4 Å². The van der Waals surface area contributed by atoms with Gasteiger partial charge in [0, 0.05) is 6.54 Å². The van der Waals surface area contributed by atoms with E-state index >= 15 is 0 Å². The van der Waals surface area contributed by atoms with Crippen molar-refractivity contribution in [1.29, 1.82) is 0 Å². The molecule has 5 nitrogen and oxygen atoms in total. The van der Waals surface area contributed by atoms with Crippen LogP contribution in [0.25, 0.3) is 0 Å². The first-order valence-electron chi connectivity index (χ1n) is 5.50. The molecule has 1 rings (SSSR count). The van der Waals surface area contributed by atoms with Crippen LogP contribution >= 0.6 is 0 Å². The number of hydrogen-bond donors (Lipinski definition) is 1. The minimum atomic E-state index is -0.962. The van der Waals surface area contributed by atoms with Crippen LogP contribution in [0.5, 0.6) is 0 Å².